The minimum absolute atomic E-state index is 0.0637. The summed E-state index contributed by atoms with van der Waals surface area (Å²) in [6.07, 6.45) is 0. The summed E-state index contributed by atoms with van der Waals surface area (Å²) in [6.45, 7) is 4.23. The molecule has 1 aromatic carbocycles. The van der Waals surface area contributed by atoms with Crippen molar-refractivity contribution in [2.45, 2.75) is 19.9 Å². The lowest BCUT2D eigenvalue weighted by Gasteiger charge is -2.18. The van der Waals surface area contributed by atoms with Crippen molar-refractivity contribution in [2.24, 2.45) is 0 Å². The van der Waals surface area contributed by atoms with Crippen LogP contribution in [0.25, 0.3) is 0 Å². The highest BCUT2D eigenvalue weighted by molar-refractivity contribution is 7.12. The summed E-state index contributed by atoms with van der Waals surface area (Å²) < 4.78 is 5.20. The molecule has 0 saturated heterocycles. The van der Waals surface area contributed by atoms with E-state index in [1.165, 1.54) is 9.75 Å². The van der Waals surface area contributed by atoms with Crippen LogP contribution in [-0.2, 0) is 0 Å². The molecule has 2 rings (SSSR count). The van der Waals surface area contributed by atoms with Gasteiger partial charge in [0.1, 0.15) is 5.75 Å². The Kier molecular flexibility index (Phi) is 4.45. The number of aliphatic hydroxyl groups excluding tert-OH is 1. The summed E-state index contributed by atoms with van der Waals surface area (Å²) in [5.74, 6) is 0.805. The maximum Gasteiger partial charge on any atom is 0.120 e. The van der Waals surface area contributed by atoms with Crippen molar-refractivity contribution < 1.29 is 9.84 Å². The van der Waals surface area contributed by atoms with Crippen LogP contribution in [0.15, 0.2) is 30.3 Å². The Morgan fingerprint density at radius 3 is 2.68 bits per heavy atom. The highest BCUT2D eigenvalue weighted by atomic mass is 32.1. The second-order valence-corrected chi connectivity index (χ2v) is 5.94. The number of benzene rings is 1. The van der Waals surface area contributed by atoms with Gasteiger partial charge in [-0.2, -0.15) is 0 Å². The molecule has 19 heavy (non-hydrogen) atoms. The summed E-state index contributed by atoms with van der Waals surface area (Å²) in [7, 11) is 1.65. The quantitative estimate of drug-likeness (QED) is 0.878. The molecule has 4 heteroatoms. The van der Waals surface area contributed by atoms with Crippen molar-refractivity contribution in [1.29, 1.82) is 0 Å². The van der Waals surface area contributed by atoms with Gasteiger partial charge in [0.2, 0.25) is 0 Å². The molecule has 102 valence electrons. The molecule has 0 bridgehead atoms. The Morgan fingerprint density at radius 2 is 2.11 bits per heavy atom. The third-order valence-corrected chi connectivity index (χ3v) is 4.03. The Morgan fingerprint density at radius 1 is 1.32 bits per heavy atom. The smallest absolute Gasteiger partial charge is 0.120 e. The largest absolute Gasteiger partial charge is 0.497 e. The molecule has 0 aliphatic heterocycles. The van der Waals surface area contributed by atoms with Gasteiger partial charge in [0.25, 0.3) is 0 Å². The average molecular weight is 277 g/mol. The first kappa shape index (κ1) is 13.9. The monoisotopic (exact) mass is 277 g/mol. The van der Waals surface area contributed by atoms with E-state index in [4.69, 9.17) is 4.74 Å². The van der Waals surface area contributed by atoms with Gasteiger partial charge in [-0.1, -0.05) is 6.07 Å². The van der Waals surface area contributed by atoms with Gasteiger partial charge >= 0.3 is 0 Å². The van der Waals surface area contributed by atoms with Gasteiger partial charge in [0.15, 0.2) is 0 Å². The predicted octanol–water partition coefficient (Wildman–Crippen LogP) is 3.52. The normalized spacial score (nSPS) is 12.2. The van der Waals surface area contributed by atoms with Crippen molar-refractivity contribution in [2.75, 3.05) is 19.0 Å². The van der Waals surface area contributed by atoms with E-state index in [1.807, 2.05) is 24.3 Å². The maximum atomic E-state index is 9.61. The molecule has 2 N–H and O–H groups in total. The molecule has 1 aromatic heterocycles. The van der Waals surface area contributed by atoms with Crippen molar-refractivity contribution >= 4 is 17.0 Å². The third-order valence-electron chi connectivity index (χ3n) is 3.05. The van der Waals surface area contributed by atoms with Crippen LogP contribution in [0.5, 0.6) is 5.75 Å². The van der Waals surface area contributed by atoms with Crippen molar-refractivity contribution in [1.82, 2.24) is 0 Å². The molecule has 0 spiro atoms. The summed E-state index contributed by atoms with van der Waals surface area (Å²) in [5, 5.41) is 13.0. The number of thiophene rings is 1. The fourth-order valence-corrected chi connectivity index (χ4v) is 3.12. The maximum absolute atomic E-state index is 9.61. The number of methoxy groups -OCH3 is 1. The number of aliphatic hydroxyl groups is 1. The first-order valence-corrected chi connectivity index (χ1v) is 7.04. The van der Waals surface area contributed by atoms with Gasteiger partial charge in [0.05, 0.1) is 19.8 Å². The van der Waals surface area contributed by atoms with E-state index < -0.39 is 0 Å². The van der Waals surface area contributed by atoms with Gasteiger partial charge in [-0.3, -0.25) is 0 Å². The molecule has 0 radical (unpaired) electrons. The number of aryl methyl sites for hydroxylation is 2. The summed E-state index contributed by atoms with van der Waals surface area (Å²) in [4.78, 5) is 2.50. The van der Waals surface area contributed by atoms with Crippen LogP contribution in [0.3, 0.4) is 0 Å². The van der Waals surface area contributed by atoms with Crippen LogP contribution in [0.4, 0.5) is 5.69 Å². The molecule has 1 unspecified atom stereocenters. The Labute approximate surface area is 117 Å². The second-order valence-electron chi connectivity index (χ2n) is 4.48. The van der Waals surface area contributed by atoms with E-state index in [2.05, 4.69) is 25.2 Å². The fraction of sp³-hybridized carbons (Fsp3) is 0.333. The van der Waals surface area contributed by atoms with Gasteiger partial charge in [-0.05, 0) is 37.6 Å². The first-order chi connectivity index (χ1) is 9.13. The van der Waals surface area contributed by atoms with Gasteiger partial charge in [-0.25, -0.2) is 0 Å². The van der Waals surface area contributed by atoms with Gasteiger partial charge < -0.3 is 15.2 Å². The Bertz CT molecular complexity index is 551. The van der Waals surface area contributed by atoms with Crippen LogP contribution < -0.4 is 10.1 Å². The molecule has 1 heterocycles. The highest BCUT2D eigenvalue weighted by Gasteiger charge is 2.15. The Balaban J connectivity index is 2.21. The van der Waals surface area contributed by atoms with Gasteiger partial charge in [-0.15, -0.1) is 11.3 Å². The zero-order valence-electron chi connectivity index (χ0n) is 11.4. The number of ether oxygens (including phenoxy) is 1. The minimum atomic E-state index is -0.0861. The predicted molar refractivity (Wildman–Crippen MR) is 80.2 cm³/mol. The molecular formula is C15H19NO2S. The lowest BCUT2D eigenvalue weighted by molar-refractivity contribution is 0.276. The van der Waals surface area contributed by atoms with E-state index in [-0.39, 0.29) is 12.6 Å². The van der Waals surface area contributed by atoms with Crippen LogP contribution >= 0.6 is 11.3 Å². The summed E-state index contributed by atoms with van der Waals surface area (Å²) in [5.41, 5.74) is 2.11. The fourth-order valence-electron chi connectivity index (χ4n) is 2.13. The summed E-state index contributed by atoms with van der Waals surface area (Å²) in [6, 6.07) is 9.78. The first-order valence-electron chi connectivity index (χ1n) is 6.22. The van der Waals surface area contributed by atoms with Crippen LogP contribution in [0.1, 0.15) is 21.4 Å². The number of hydrogen-bond donors (Lipinski definition) is 2. The third kappa shape index (κ3) is 3.28. The number of anilines is 1. The SMILES string of the molecule is COc1cccc(NC(CO)c2cc(C)sc2C)c1. The zero-order valence-corrected chi connectivity index (χ0v) is 12.3. The van der Waals surface area contributed by atoms with E-state index in [0.29, 0.717) is 0 Å². The highest BCUT2D eigenvalue weighted by Crippen LogP contribution is 2.29. The molecule has 2 aromatic rings. The lowest BCUT2D eigenvalue weighted by Crippen LogP contribution is -2.15. The molecule has 1 atom stereocenters. The molecule has 0 amide bonds. The standard InChI is InChI=1S/C15H19NO2S/c1-10-7-14(11(2)19-10)15(9-17)16-12-5-4-6-13(8-12)18-3/h4-8,15-17H,9H2,1-3H3. The molecule has 0 saturated carbocycles. The minimum Gasteiger partial charge on any atom is -0.497 e. The average Bonchev–Trinajstić information content (AvgIpc) is 2.75. The van der Waals surface area contributed by atoms with Crippen molar-refractivity contribution in [3.8, 4) is 5.75 Å². The molecular weight excluding hydrogens is 258 g/mol. The van der Waals surface area contributed by atoms with Crippen LogP contribution in [-0.4, -0.2) is 18.8 Å². The summed E-state index contributed by atoms with van der Waals surface area (Å²) >= 11 is 1.76. The van der Waals surface area contributed by atoms with Crippen LogP contribution in [0, 0.1) is 13.8 Å². The second kappa shape index (κ2) is 6.08. The number of rotatable bonds is 5. The van der Waals surface area contributed by atoms with Crippen molar-refractivity contribution in [3.05, 3.63) is 45.6 Å². The van der Waals surface area contributed by atoms with Gasteiger partial charge in [0, 0.05) is 21.5 Å². The van der Waals surface area contributed by atoms with E-state index >= 15 is 0 Å². The molecule has 0 aliphatic rings. The lowest BCUT2D eigenvalue weighted by atomic mass is 10.1. The zero-order chi connectivity index (χ0) is 13.8. The molecule has 0 fully saturated rings. The van der Waals surface area contributed by atoms with Crippen LogP contribution in [0.2, 0.25) is 0 Å². The van der Waals surface area contributed by atoms with Crippen molar-refractivity contribution in [3.63, 3.8) is 0 Å². The molecule has 3 nitrogen and oxygen atoms in total. The molecule has 0 aliphatic carbocycles. The van der Waals surface area contributed by atoms with E-state index in [9.17, 15) is 5.11 Å². The van der Waals surface area contributed by atoms with E-state index in [0.717, 1.165) is 17.0 Å². The van der Waals surface area contributed by atoms with E-state index in [1.54, 1.807) is 18.4 Å². The number of hydrogen-bond acceptors (Lipinski definition) is 4. The number of nitrogens with one attached hydrogen (secondary N) is 1. The topological polar surface area (TPSA) is 41.5 Å². The Hall–Kier alpha value is -1.52.